The van der Waals surface area contributed by atoms with Gasteiger partial charge in [0, 0.05) is 24.4 Å². The summed E-state index contributed by atoms with van der Waals surface area (Å²) in [4.78, 5) is 39.4. The Kier molecular flexibility index (Phi) is 3.46. The number of nitrogens with one attached hydrogen (secondary N) is 2. The van der Waals surface area contributed by atoms with Crippen molar-refractivity contribution in [3.05, 3.63) is 61.9 Å². The van der Waals surface area contributed by atoms with Crippen LogP contribution in [0, 0.1) is 0 Å². The minimum Gasteiger partial charge on any atom is -0.322 e. The van der Waals surface area contributed by atoms with E-state index in [1.165, 1.54) is 0 Å². The van der Waals surface area contributed by atoms with Crippen LogP contribution in [-0.2, 0) is 0 Å². The zero-order valence-electron chi connectivity index (χ0n) is 11.6. The predicted molar refractivity (Wildman–Crippen MR) is 84.1 cm³/mol. The fourth-order valence-electron chi connectivity index (χ4n) is 2.24. The van der Waals surface area contributed by atoms with E-state index in [2.05, 4.69) is 9.97 Å². The third kappa shape index (κ3) is 2.37. The molecule has 112 valence electrons. The van der Waals surface area contributed by atoms with Gasteiger partial charge in [-0.2, -0.15) is 0 Å². The maximum Gasteiger partial charge on any atom is 0.314 e. The van der Waals surface area contributed by atoms with Gasteiger partial charge in [-0.3, -0.25) is 14.4 Å². The first-order chi connectivity index (χ1) is 10.5. The van der Waals surface area contributed by atoms with E-state index >= 15 is 0 Å². The standard InChI is InChI=1S/C15H12ClN3O3/c1-2-13(20)8-3-4-19(7-8)12-6-11-10(5-9(12)16)17-14(21)15(22)18-11/h3-7H,2H2,1H3,(H,17,21)(H,18,22). The SMILES string of the molecule is CCC(=O)c1ccn(-c2cc3[nH]c(=O)c(=O)[nH]c3cc2Cl)c1. The maximum atomic E-state index is 11.7. The second kappa shape index (κ2) is 5.31. The first-order valence-electron chi connectivity index (χ1n) is 6.67. The third-order valence-electron chi connectivity index (χ3n) is 3.40. The smallest absolute Gasteiger partial charge is 0.314 e. The number of benzene rings is 1. The minimum absolute atomic E-state index is 0.0356. The summed E-state index contributed by atoms with van der Waals surface area (Å²) in [5, 5.41) is 0.390. The molecule has 2 heterocycles. The van der Waals surface area contributed by atoms with Gasteiger partial charge in [0.15, 0.2) is 5.78 Å². The number of nitrogens with zero attached hydrogens (tertiary/aromatic N) is 1. The number of halogens is 1. The van der Waals surface area contributed by atoms with E-state index in [1.54, 1.807) is 42.1 Å². The van der Waals surface area contributed by atoms with E-state index in [1.807, 2.05) is 0 Å². The average Bonchev–Trinajstić information content (AvgIpc) is 2.97. The van der Waals surface area contributed by atoms with E-state index < -0.39 is 11.1 Å². The number of fused-ring (bicyclic) bond motifs is 1. The Morgan fingerprint density at radius 3 is 2.45 bits per heavy atom. The van der Waals surface area contributed by atoms with Gasteiger partial charge in [0.25, 0.3) is 0 Å². The van der Waals surface area contributed by atoms with E-state index in [9.17, 15) is 14.4 Å². The number of rotatable bonds is 3. The van der Waals surface area contributed by atoms with Crippen LogP contribution in [0.1, 0.15) is 23.7 Å². The first-order valence-corrected chi connectivity index (χ1v) is 7.05. The lowest BCUT2D eigenvalue weighted by atomic mass is 10.2. The van der Waals surface area contributed by atoms with Crippen molar-refractivity contribution in [1.82, 2.24) is 14.5 Å². The first kappa shape index (κ1) is 14.3. The average molecular weight is 318 g/mol. The zero-order valence-corrected chi connectivity index (χ0v) is 12.4. The summed E-state index contributed by atoms with van der Waals surface area (Å²) in [5.74, 6) is 0.0356. The number of hydrogen-bond acceptors (Lipinski definition) is 3. The van der Waals surface area contributed by atoms with Gasteiger partial charge in [0.05, 0.1) is 21.7 Å². The summed E-state index contributed by atoms with van der Waals surface area (Å²) >= 11 is 6.23. The van der Waals surface area contributed by atoms with Crippen molar-refractivity contribution in [3.63, 3.8) is 0 Å². The van der Waals surface area contributed by atoms with Crippen molar-refractivity contribution < 1.29 is 4.79 Å². The molecule has 7 heteroatoms. The topological polar surface area (TPSA) is 87.7 Å². The molecule has 0 saturated carbocycles. The molecule has 0 aliphatic rings. The van der Waals surface area contributed by atoms with Crippen LogP contribution in [0.3, 0.4) is 0 Å². The number of Topliss-reactive ketones (excluding diaryl/α,β-unsaturated/α-hetero) is 1. The Bertz CT molecular complexity index is 997. The molecule has 0 aliphatic heterocycles. The Balaban J connectivity index is 2.18. The van der Waals surface area contributed by atoms with Crippen LogP contribution < -0.4 is 11.1 Å². The molecule has 22 heavy (non-hydrogen) atoms. The van der Waals surface area contributed by atoms with Crippen molar-refractivity contribution in [2.24, 2.45) is 0 Å². The molecule has 2 aromatic heterocycles. The molecule has 0 radical (unpaired) electrons. The normalized spacial score (nSPS) is 11.0. The summed E-state index contributed by atoms with van der Waals surface area (Å²) in [7, 11) is 0. The van der Waals surface area contributed by atoms with Gasteiger partial charge in [-0.1, -0.05) is 18.5 Å². The molecule has 1 aromatic carbocycles. The lowest BCUT2D eigenvalue weighted by molar-refractivity contribution is 0.0988. The number of hydrogen-bond donors (Lipinski definition) is 2. The van der Waals surface area contributed by atoms with Gasteiger partial charge < -0.3 is 14.5 Å². The van der Waals surface area contributed by atoms with Crippen molar-refractivity contribution >= 4 is 28.4 Å². The molecule has 0 saturated heterocycles. The zero-order chi connectivity index (χ0) is 15.9. The summed E-state index contributed by atoms with van der Waals surface area (Å²) in [6.45, 7) is 1.80. The van der Waals surface area contributed by atoms with Gasteiger partial charge >= 0.3 is 11.1 Å². The minimum atomic E-state index is -0.729. The lowest BCUT2D eigenvalue weighted by Crippen LogP contribution is -2.28. The molecule has 2 N–H and O–H groups in total. The van der Waals surface area contributed by atoms with E-state index in [-0.39, 0.29) is 5.78 Å². The highest BCUT2D eigenvalue weighted by atomic mass is 35.5. The largest absolute Gasteiger partial charge is 0.322 e. The Labute approximate surface area is 129 Å². The molecule has 3 rings (SSSR count). The molecular formula is C15H12ClN3O3. The number of aromatic amines is 2. The van der Waals surface area contributed by atoms with Crippen LogP contribution in [0.15, 0.2) is 40.2 Å². The highest BCUT2D eigenvalue weighted by Crippen LogP contribution is 2.25. The summed E-state index contributed by atoms with van der Waals surface area (Å²) < 4.78 is 1.70. The fraction of sp³-hybridized carbons (Fsp3) is 0.133. The van der Waals surface area contributed by atoms with Crippen LogP contribution in [0.25, 0.3) is 16.7 Å². The van der Waals surface area contributed by atoms with Crippen molar-refractivity contribution in [3.8, 4) is 5.69 Å². The van der Waals surface area contributed by atoms with Crippen molar-refractivity contribution in [1.29, 1.82) is 0 Å². The Morgan fingerprint density at radius 2 is 1.82 bits per heavy atom. The number of carbonyl (C=O) groups is 1. The summed E-state index contributed by atoms with van der Waals surface area (Å²) in [6, 6.07) is 4.92. The highest BCUT2D eigenvalue weighted by Gasteiger charge is 2.10. The van der Waals surface area contributed by atoms with Gasteiger partial charge in [-0.15, -0.1) is 0 Å². The van der Waals surface area contributed by atoms with E-state index in [0.717, 1.165) is 0 Å². The van der Waals surface area contributed by atoms with Crippen LogP contribution in [0.5, 0.6) is 0 Å². The number of ketones is 1. The molecule has 0 spiro atoms. The Hall–Kier alpha value is -2.60. The molecule has 3 aromatic rings. The van der Waals surface area contributed by atoms with Crippen LogP contribution >= 0.6 is 11.6 Å². The van der Waals surface area contributed by atoms with Gasteiger partial charge in [0.2, 0.25) is 0 Å². The fourth-order valence-corrected chi connectivity index (χ4v) is 2.50. The Morgan fingerprint density at radius 1 is 1.18 bits per heavy atom. The third-order valence-corrected chi connectivity index (χ3v) is 3.71. The second-order valence-corrected chi connectivity index (χ2v) is 5.25. The molecule has 0 unspecified atom stereocenters. The number of aromatic nitrogens is 3. The predicted octanol–water partition coefficient (Wildman–Crippen LogP) is 2.25. The molecule has 0 bridgehead atoms. The lowest BCUT2D eigenvalue weighted by Gasteiger charge is -2.07. The number of carbonyl (C=O) groups excluding carboxylic acids is 1. The van der Waals surface area contributed by atoms with Gasteiger partial charge in [0.1, 0.15) is 0 Å². The van der Waals surface area contributed by atoms with E-state index in [4.69, 9.17) is 11.6 Å². The molecule has 0 aliphatic carbocycles. The molecule has 0 amide bonds. The quantitative estimate of drug-likeness (QED) is 0.573. The summed E-state index contributed by atoms with van der Waals surface area (Å²) in [5.41, 5.74) is 0.639. The molecule has 6 nitrogen and oxygen atoms in total. The van der Waals surface area contributed by atoms with E-state index in [0.29, 0.717) is 33.7 Å². The van der Waals surface area contributed by atoms with Crippen LogP contribution in [0.4, 0.5) is 0 Å². The van der Waals surface area contributed by atoms with Gasteiger partial charge in [-0.25, -0.2) is 0 Å². The van der Waals surface area contributed by atoms with Crippen molar-refractivity contribution in [2.75, 3.05) is 0 Å². The maximum absolute atomic E-state index is 11.7. The molecular weight excluding hydrogens is 306 g/mol. The monoisotopic (exact) mass is 317 g/mol. The number of H-pyrrole nitrogens is 2. The molecule has 0 atom stereocenters. The molecule has 0 fully saturated rings. The summed E-state index contributed by atoms with van der Waals surface area (Å²) in [6.07, 6.45) is 3.83. The van der Waals surface area contributed by atoms with Crippen LogP contribution in [-0.4, -0.2) is 20.3 Å². The van der Waals surface area contributed by atoms with Gasteiger partial charge in [-0.05, 0) is 18.2 Å². The second-order valence-electron chi connectivity index (χ2n) is 4.84. The highest BCUT2D eigenvalue weighted by molar-refractivity contribution is 6.33. The van der Waals surface area contributed by atoms with Crippen molar-refractivity contribution in [2.45, 2.75) is 13.3 Å². The van der Waals surface area contributed by atoms with Crippen LogP contribution in [0.2, 0.25) is 5.02 Å².